The molecular weight excluding hydrogens is 417 g/mol. The molecule has 0 aliphatic heterocycles. The predicted octanol–water partition coefficient (Wildman–Crippen LogP) is 4.28. The fraction of sp³-hybridized carbons (Fsp3) is 0.647. The lowest BCUT2D eigenvalue weighted by atomic mass is 10.1. The van der Waals surface area contributed by atoms with E-state index in [0.29, 0.717) is 0 Å². The fourth-order valence-corrected chi connectivity index (χ4v) is 2.14. The lowest BCUT2D eigenvalue weighted by molar-refractivity contribution is 0.00130. The predicted molar refractivity (Wildman–Crippen MR) is 106 cm³/mol. The van der Waals surface area contributed by atoms with Gasteiger partial charge in [-0.3, -0.25) is 0 Å². The molecule has 0 aliphatic carbocycles. The van der Waals surface area contributed by atoms with E-state index in [0.717, 1.165) is 0 Å². The molecule has 0 saturated heterocycles. The number of esters is 2. The Morgan fingerprint density at radius 1 is 0.852 bits per heavy atom. The van der Waals surface area contributed by atoms with E-state index in [4.69, 9.17) is 44.3 Å². The molecule has 0 N–H and O–H groups in total. The Balaban J connectivity index is 3.74. The van der Waals surface area contributed by atoms with Gasteiger partial charge in [0.2, 0.25) is 3.79 Å². The summed E-state index contributed by atoms with van der Waals surface area (Å²) in [4.78, 5) is 35.2. The summed E-state index contributed by atoms with van der Waals surface area (Å²) >= 11 is 17.7. The summed E-state index contributed by atoms with van der Waals surface area (Å²) in [6.45, 7) is 10.1. The van der Waals surface area contributed by atoms with Crippen LogP contribution in [0, 0.1) is 0 Å². The van der Waals surface area contributed by atoms with E-state index in [2.05, 4.69) is 9.97 Å². The SMILES string of the molecule is CN(C)c1nc(C(Cl)(Cl)Cl)nc(C(=O)OC(C)(C)C)c1C(=O)OC(C)(C)C. The van der Waals surface area contributed by atoms with Gasteiger partial charge < -0.3 is 14.4 Å². The van der Waals surface area contributed by atoms with Crippen LogP contribution in [0.25, 0.3) is 0 Å². The Bertz CT molecular complexity index is 733. The van der Waals surface area contributed by atoms with Gasteiger partial charge in [0.05, 0.1) is 0 Å². The average Bonchev–Trinajstić information content (AvgIpc) is 2.40. The standard InChI is InChI=1S/C17H24Cl3N3O4/c1-15(2,3)26-12(24)9-10(13(25)27-16(4,5)6)21-14(17(18,19)20)22-11(9)23(7)8/h1-8H3. The molecule has 0 amide bonds. The van der Waals surface area contributed by atoms with Gasteiger partial charge in [-0.1, -0.05) is 34.8 Å². The highest BCUT2D eigenvalue weighted by Gasteiger charge is 2.36. The minimum absolute atomic E-state index is 0.0708. The van der Waals surface area contributed by atoms with Crippen LogP contribution in [0.15, 0.2) is 0 Å². The number of ether oxygens (including phenoxy) is 2. The first-order chi connectivity index (χ1) is 11.9. The summed E-state index contributed by atoms with van der Waals surface area (Å²) in [5.41, 5.74) is -2.13. The Kier molecular flexibility index (Phi) is 7.01. The number of rotatable bonds is 3. The molecule has 27 heavy (non-hydrogen) atoms. The topological polar surface area (TPSA) is 81.6 Å². The summed E-state index contributed by atoms with van der Waals surface area (Å²) < 4.78 is 8.77. The van der Waals surface area contributed by atoms with Crippen LogP contribution in [0.1, 0.15) is 68.2 Å². The van der Waals surface area contributed by atoms with E-state index < -0.39 is 26.9 Å². The van der Waals surface area contributed by atoms with E-state index in [-0.39, 0.29) is 22.9 Å². The van der Waals surface area contributed by atoms with Crippen LogP contribution in [0.2, 0.25) is 0 Å². The molecular formula is C17H24Cl3N3O4. The Hall–Kier alpha value is -1.31. The lowest BCUT2D eigenvalue weighted by Crippen LogP contribution is -2.31. The Morgan fingerprint density at radius 3 is 1.67 bits per heavy atom. The first kappa shape index (κ1) is 23.7. The lowest BCUT2D eigenvalue weighted by Gasteiger charge is -2.25. The van der Waals surface area contributed by atoms with E-state index in [1.807, 2.05) is 0 Å². The fourth-order valence-electron chi connectivity index (χ4n) is 1.89. The molecule has 1 aromatic heterocycles. The second-order valence-electron chi connectivity index (χ2n) is 7.99. The smallest absolute Gasteiger partial charge is 0.358 e. The maximum Gasteiger partial charge on any atom is 0.358 e. The minimum Gasteiger partial charge on any atom is -0.456 e. The number of carbonyl (C=O) groups is 2. The van der Waals surface area contributed by atoms with Crippen molar-refractivity contribution >= 4 is 52.6 Å². The highest BCUT2D eigenvalue weighted by Crippen LogP contribution is 2.38. The van der Waals surface area contributed by atoms with Crippen molar-refractivity contribution in [3.8, 4) is 0 Å². The zero-order valence-corrected chi connectivity index (χ0v) is 18.9. The maximum atomic E-state index is 12.8. The molecule has 0 atom stereocenters. The molecule has 0 bridgehead atoms. The first-order valence-corrected chi connectivity index (χ1v) is 9.19. The van der Waals surface area contributed by atoms with Crippen LogP contribution in [-0.2, 0) is 13.3 Å². The van der Waals surface area contributed by atoms with Crippen molar-refractivity contribution in [2.45, 2.75) is 56.5 Å². The van der Waals surface area contributed by atoms with Gasteiger partial charge in [0.25, 0.3) is 0 Å². The van der Waals surface area contributed by atoms with Crippen molar-refractivity contribution < 1.29 is 19.1 Å². The van der Waals surface area contributed by atoms with E-state index in [1.54, 1.807) is 55.6 Å². The van der Waals surface area contributed by atoms with Gasteiger partial charge in [-0.2, -0.15) is 0 Å². The number of hydrogen-bond acceptors (Lipinski definition) is 7. The molecule has 0 radical (unpaired) electrons. The summed E-state index contributed by atoms with van der Waals surface area (Å²) in [7, 11) is 3.24. The summed E-state index contributed by atoms with van der Waals surface area (Å²) in [6, 6.07) is 0. The van der Waals surface area contributed by atoms with E-state index in [9.17, 15) is 9.59 Å². The molecule has 0 aliphatic rings. The van der Waals surface area contributed by atoms with Gasteiger partial charge in [-0.25, -0.2) is 19.6 Å². The van der Waals surface area contributed by atoms with Crippen molar-refractivity contribution in [2.75, 3.05) is 19.0 Å². The maximum absolute atomic E-state index is 12.8. The molecule has 7 nitrogen and oxygen atoms in total. The van der Waals surface area contributed by atoms with E-state index in [1.165, 1.54) is 4.90 Å². The molecule has 0 spiro atoms. The third kappa shape index (κ3) is 6.97. The number of nitrogens with zero attached hydrogens (tertiary/aromatic N) is 3. The summed E-state index contributed by atoms with van der Waals surface area (Å²) in [5.74, 6) is -1.84. The Labute approximate surface area is 174 Å². The van der Waals surface area contributed by atoms with Crippen LogP contribution in [0.4, 0.5) is 5.82 Å². The normalized spacial score (nSPS) is 12.6. The molecule has 0 aromatic carbocycles. The largest absolute Gasteiger partial charge is 0.456 e. The highest BCUT2D eigenvalue weighted by atomic mass is 35.6. The van der Waals surface area contributed by atoms with Gasteiger partial charge in [0, 0.05) is 14.1 Å². The summed E-state index contributed by atoms with van der Waals surface area (Å²) in [6.07, 6.45) is 0. The number of hydrogen-bond donors (Lipinski definition) is 0. The zero-order valence-electron chi connectivity index (χ0n) is 16.6. The van der Waals surface area contributed by atoms with Crippen molar-refractivity contribution in [3.05, 3.63) is 17.1 Å². The number of carbonyl (C=O) groups excluding carboxylic acids is 2. The Morgan fingerprint density at radius 2 is 1.30 bits per heavy atom. The third-order valence-corrected chi connectivity index (χ3v) is 3.27. The number of alkyl halides is 3. The number of halogens is 3. The number of aromatic nitrogens is 2. The van der Waals surface area contributed by atoms with Crippen LogP contribution < -0.4 is 4.90 Å². The quantitative estimate of drug-likeness (QED) is 0.512. The van der Waals surface area contributed by atoms with Gasteiger partial charge in [0.1, 0.15) is 22.6 Å². The van der Waals surface area contributed by atoms with Gasteiger partial charge in [-0.15, -0.1) is 0 Å². The van der Waals surface area contributed by atoms with Crippen molar-refractivity contribution in [3.63, 3.8) is 0 Å². The van der Waals surface area contributed by atoms with Crippen molar-refractivity contribution in [1.29, 1.82) is 0 Å². The summed E-state index contributed by atoms with van der Waals surface area (Å²) in [5, 5.41) is 0. The van der Waals surface area contributed by atoms with Gasteiger partial charge >= 0.3 is 11.9 Å². The van der Waals surface area contributed by atoms with Crippen LogP contribution >= 0.6 is 34.8 Å². The molecule has 152 valence electrons. The van der Waals surface area contributed by atoms with Gasteiger partial charge in [-0.05, 0) is 41.5 Å². The minimum atomic E-state index is -2.01. The highest BCUT2D eigenvalue weighted by molar-refractivity contribution is 6.66. The molecule has 1 heterocycles. The van der Waals surface area contributed by atoms with Crippen molar-refractivity contribution in [2.24, 2.45) is 0 Å². The second-order valence-corrected chi connectivity index (χ2v) is 10.3. The molecule has 10 heteroatoms. The molecule has 0 fully saturated rings. The first-order valence-electron chi connectivity index (χ1n) is 8.05. The average molecular weight is 441 g/mol. The zero-order chi connectivity index (χ0) is 21.4. The van der Waals surface area contributed by atoms with E-state index >= 15 is 0 Å². The van der Waals surface area contributed by atoms with Crippen molar-refractivity contribution in [1.82, 2.24) is 9.97 Å². The van der Waals surface area contributed by atoms with Crippen LogP contribution in [-0.4, -0.2) is 47.2 Å². The number of anilines is 1. The second kappa shape index (κ2) is 7.97. The molecule has 0 unspecified atom stereocenters. The molecule has 1 rings (SSSR count). The van der Waals surface area contributed by atoms with Crippen LogP contribution in [0.5, 0.6) is 0 Å². The monoisotopic (exact) mass is 439 g/mol. The molecule has 0 saturated carbocycles. The van der Waals surface area contributed by atoms with Crippen LogP contribution in [0.3, 0.4) is 0 Å². The van der Waals surface area contributed by atoms with Gasteiger partial charge in [0.15, 0.2) is 11.5 Å². The third-order valence-electron chi connectivity index (χ3n) is 2.76. The molecule has 1 aromatic rings.